The van der Waals surface area contributed by atoms with E-state index in [9.17, 15) is 30.3 Å². The zero-order valence-corrected chi connectivity index (χ0v) is 18.8. The van der Waals surface area contributed by atoms with Crippen LogP contribution in [0.5, 0.6) is 0 Å². The average Bonchev–Trinajstić information content (AvgIpc) is 3.56. The summed E-state index contributed by atoms with van der Waals surface area (Å²) in [6.45, 7) is -0.461. The first-order chi connectivity index (χ1) is 16.9. The van der Waals surface area contributed by atoms with Crippen molar-refractivity contribution in [1.82, 2.24) is 0 Å². The van der Waals surface area contributed by atoms with Gasteiger partial charge in [-0.2, -0.15) is 0 Å². The summed E-state index contributed by atoms with van der Waals surface area (Å²) in [6, 6.07) is 9.27. The van der Waals surface area contributed by atoms with E-state index in [4.69, 9.17) is 23.7 Å². The molecule has 35 heavy (non-hydrogen) atoms. The molecule has 0 unspecified atom stereocenters. The number of carbonyl (C=O) groups excluding carboxylic acids is 1. The van der Waals surface area contributed by atoms with E-state index in [1.165, 1.54) is 6.08 Å². The topological polar surface area (TPSA) is 168 Å². The molecule has 1 aromatic carbocycles. The fourth-order valence-corrected chi connectivity index (χ4v) is 5.44. The van der Waals surface area contributed by atoms with E-state index < -0.39 is 73.3 Å². The van der Waals surface area contributed by atoms with Gasteiger partial charge in [-0.25, -0.2) is 4.79 Å². The molecule has 4 aliphatic rings. The normalized spacial score (nSPS) is 44.6. The fraction of sp³-hybridized carbons (Fsp3) is 0.625. The molecule has 3 aliphatic heterocycles. The third kappa shape index (κ3) is 4.52. The van der Waals surface area contributed by atoms with Crippen molar-refractivity contribution in [2.24, 2.45) is 11.8 Å². The van der Waals surface area contributed by atoms with Crippen molar-refractivity contribution < 1.29 is 54.0 Å². The third-order valence-corrected chi connectivity index (χ3v) is 7.34. The molecular weight excluding hydrogens is 464 g/mol. The van der Waals surface area contributed by atoms with Crippen molar-refractivity contribution in [2.45, 2.75) is 61.2 Å². The Morgan fingerprint density at radius 1 is 1.06 bits per heavy atom. The van der Waals surface area contributed by atoms with E-state index in [0.717, 1.165) is 5.56 Å². The van der Waals surface area contributed by atoms with E-state index in [1.54, 1.807) is 6.08 Å². The van der Waals surface area contributed by atoms with Gasteiger partial charge in [0.15, 0.2) is 12.6 Å². The van der Waals surface area contributed by atoms with Gasteiger partial charge in [0.2, 0.25) is 0 Å². The smallest absolute Gasteiger partial charge is 0.330 e. The Bertz CT molecular complexity index is 923. The summed E-state index contributed by atoms with van der Waals surface area (Å²) in [5.41, 5.74) is -0.187. The lowest BCUT2D eigenvalue weighted by Crippen LogP contribution is -2.61. The second kappa shape index (κ2) is 9.85. The second-order valence-electron chi connectivity index (χ2n) is 9.39. The van der Waals surface area contributed by atoms with Gasteiger partial charge < -0.3 is 49.2 Å². The zero-order chi connectivity index (χ0) is 24.7. The zero-order valence-electron chi connectivity index (χ0n) is 18.8. The quantitative estimate of drug-likeness (QED) is 0.171. The molecule has 11 atom stereocenters. The molecule has 1 aromatic rings. The number of epoxide rings is 1. The number of benzene rings is 1. The Morgan fingerprint density at radius 3 is 2.57 bits per heavy atom. The highest BCUT2D eigenvalue weighted by molar-refractivity contribution is 5.87. The highest BCUT2D eigenvalue weighted by atomic mass is 16.8. The number of carbonyl (C=O) groups is 1. The maximum absolute atomic E-state index is 12.3. The minimum Gasteiger partial charge on any atom is -0.459 e. The second-order valence-corrected chi connectivity index (χ2v) is 9.39. The molecule has 4 fully saturated rings. The Labute approximate surface area is 201 Å². The van der Waals surface area contributed by atoms with Crippen molar-refractivity contribution in [1.29, 1.82) is 0 Å². The van der Waals surface area contributed by atoms with Crippen LogP contribution in [0.4, 0.5) is 0 Å². The van der Waals surface area contributed by atoms with Gasteiger partial charge in [-0.1, -0.05) is 30.3 Å². The van der Waals surface area contributed by atoms with Crippen molar-refractivity contribution >= 4 is 12.0 Å². The van der Waals surface area contributed by atoms with Crippen LogP contribution < -0.4 is 0 Å². The van der Waals surface area contributed by atoms with E-state index in [-0.39, 0.29) is 19.1 Å². The third-order valence-electron chi connectivity index (χ3n) is 7.34. The Balaban J connectivity index is 1.27. The molecule has 5 N–H and O–H groups in total. The average molecular weight is 494 g/mol. The maximum Gasteiger partial charge on any atom is 0.330 e. The first kappa shape index (κ1) is 24.8. The molecule has 11 nitrogen and oxygen atoms in total. The fourth-order valence-electron chi connectivity index (χ4n) is 5.44. The minimum atomic E-state index is -1.60. The Hall–Kier alpha value is -1.93. The molecule has 11 heteroatoms. The van der Waals surface area contributed by atoms with E-state index >= 15 is 0 Å². The van der Waals surface area contributed by atoms with Crippen LogP contribution in [0.25, 0.3) is 6.08 Å². The lowest BCUT2D eigenvalue weighted by Gasteiger charge is -2.44. The van der Waals surface area contributed by atoms with Gasteiger partial charge in [-0.05, 0) is 18.1 Å². The molecule has 0 radical (unpaired) electrons. The Morgan fingerprint density at radius 2 is 1.83 bits per heavy atom. The number of ether oxygens (including phenoxy) is 5. The van der Waals surface area contributed by atoms with E-state index in [0.29, 0.717) is 6.42 Å². The number of aliphatic hydroxyl groups is 5. The SMILES string of the molecule is O=C(C=Cc1ccccc1)OC[C@]12O[C@H]1[C@@H](O)[C@@H]1CCO[C@@H](O[C@@H]3O[C@H](CO)[C@@H](O)[C@H](O)[C@H]3O)[C@@H]12. The van der Waals surface area contributed by atoms with Gasteiger partial charge in [0.25, 0.3) is 0 Å². The van der Waals surface area contributed by atoms with E-state index in [1.807, 2.05) is 30.3 Å². The molecule has 0 amide bonds. The molecule has 192 valence electrons. The van der Waals surface area contributed by atoms with Crippen molar-refractivity contribution in [3.63, 3.8) is 0 Å². The van der Waals surface area contributed by atoms with E-state index in [2.05, 4.69) is 0 Å². The molecule has 0 aromatic heterocycles. The standard InChI is InChI=1S/C24H30O11/c25-10-14-18(28)19(29)20(30)23(33-14)34-22-16-13(8-9-31-22)17(27)21-24(16,35-21)11-32-15(26)7-6-12-4-2-1-3-5-12/h1-7,13-14,16-23,25,27-30H,8-11H2/t13-,14-,16-,17+,18-,19+,20-,21+,22+,23+,24-/m1/s1. The number of hydrogen-bond donors (Lipinski definition) is 5. The van der Waals surface area contributed by atoms with Gasteiger partial charge in [-0.15, -0.1) is 0 Å². The van der Waals surface area contributed by atoms with Gasteiger partial charge in [0, 0.05) is 12.0 Å². The van der Waals surface area contributed by atoms with Gasteiger partial charge in [0.05, 0.1) is 25.2 Å². The highest BCUT2D eigenvalue weighted by Crippen LogP contribution is 2.60. The van der Waals surface area contributed by atoms with Crippen LogP contribution in [-0.2, 0) is 28.5 Å². The first-order valence-corrected chi connectivity index (χ1v) is 11.7. The van der Waals surface area contributed by atoms with Crippen molar-refractivity contribution in [3.8, 4) is 0 Å². The van der Waals surface area contributed by atoms with Crippen LogP contribution in [0.2, 0.25) is 0 Å². The number of fused-ring (bicyclic) bond motifs is 3. The summed E-state index contributed by atoms with van der Waals surface area (Å²) in [4.78, 5) is 12.3. The molecule has 0 bridgehead atoms. The van der Waals surface area contributed by atoms with Crippen LogP contribution in [0.15, 0.2) is 36.4 Å². The molecule has 1 aliphatic carbocycles. The summed E-state index contributed by atoms with van der Waals surface area (Å²) >= 11 is 0. The lowest BCUT2D eigenvalue weighted by molar-refractivity contribution is -0.356. The number of esters is 1. The van der Waals surface area contributed by atoms with Gasteiger partial charge >= 0.3 is 5.97 Å². The van der Waals surface area contributed by atoms with Crippen LogP contribution in [0.1, 0.15) is 12.0 Å². The summed E-state index contributed by atoms with van der Waals surface area (Å²) in [5.74, 6) is -1.39. The monoisotopic (exact) mass is 494 g/mol. The van der Waals surface area contributed by atoms with Crippen molar-refractivity contribution in [3.05, 3.63) is 42.0 Å². The van der Waals surface area contributed by atoms with Crippen molar-refractivity contribution in [2.75, 3.05) is 19.8 Å². The first-order valence-electron chi connectivity index (χ1n) is 11.7. The largest absolute Gasteiger partial charge is 0.459 e. The summed E-state index contributed by atoms with van der Waals surface area (Å²) < 4.78 is 28.4. The van der Waals surface area contributed by atoms with Crippen LogP contribution in [-0.4, -0.2) is 106 Å². The number of rotatable bonds is 7. The van der Waals surface area contributed by atoms with Crippen LogP contribution in [0.3, 0.4) is 0 Å². The highest BCUT2D eigenvalue weighted by Gasteiger charge is 2.76. The molecule has 1 saturated carbocycles. The molecule has 3 saturated heterocycles. The molecular formula is C24H30O11. The summed E-state index contributed by atoms with van der Waals surface area (Å²) in [5, 5.41) is 50.6. The molecule has 0 spiro atoms. The Kier molecular flexibility index (Phi) is 6.96. The molecule has 3 heterocycles. The molecule has 5 rings (SSSR count). The number of aliphatic hydroxyl groups excluding tert-OH is 5. The van der Waals surface area contributed by atoms with Gasteiger partial charge in [0.1, 0.15) is 42.7 Å². The van der Waals surface area contributed by atoms with Crippen LogP contribution >= 0.6 is 0 Å². The summed E-state index contributed by atoms with van der Waals surface area (Å²) in [7, 11) is 0. The predicted octanol–water partition coefficient (Wildman–Crippen LogP) is -1.45. The number of hydrogen-bond acceptors (Lipinski definition) is 11. The minimum absolute atomic E-state index is 0.133. The van der Waals surface area contributed by atoms with Crippen LogP contribution in [0, 0.1) is 11.8 Å². The maximum atomic E-state index is 12.3. The van der Waals surface area contributed by atoms with Gasteiger partial charge in [-0.3, -0.25) is 0 Å². The lowest BCUT2D eigenvalue weighted by atomic mass is 9.83. The summed E-state index contributed by atoms with van der Waals surface area (Å²) in [6.07, 6.45) is -6.19. The predicted molar refractivity (Wildman–Crippen MR) is 116 cm³/mol.